The molecule has 1 rings (SSSR count). The number of carbonyl (C=O) groups is 2. The molecular formula is C4H6N4O2. The molecule has 1 heterocycles. The van der Waals surface area contributed by atoms with Crippen LogP contribution >= 0.6 is 0 Å². The van der Waals surface area contributed by atoms with E-state index < -0.39 is 6.03 Å². The second-order valence-electron chi connectivity index (χ2n) is 1.27. The van der Waals surface area contributed by atoms with Crippen molar-refractivity contribution in [3.63, 3.8) is 0 Å². The van der Waals surface area contributed by atoms with E-state index in [1.165, 1.54) is 12.3 Å². The maximum Gasteiger partial charge on any atom is 0.309 e. The smallest absolute Gasteiger partial charge is 0.309 e. The van der Waals surface area contributed by atoms with Gasteiger partial charge >= 0.3 is 6.03 Å². The van der Waals surface area contributed by atoms with Crippen molar-refractivity contribution >= 4 is 11.9 Å². The van der Waals surface area contributed by atoms with Crippen molar-refractivity contribution in [1.82, 2.24) is 0 Å². The van der Waals surface area contributed by atoms with E-state index in [1.54, 1.807) is 0 Å². The summed E-state index contributed by atoms with van der Waals surface area (Å²) >= 11 is 0. The molecule has 0 aromatic rings. The number of nitrogens with zero attached hydrogens (tertiary/aromatic N) is 2. The fraction of sp³-hybridized carbons (Fsp3) is 0. The molecule has 0 radical (unpaired) electrons. The molecular weight excluding hydrogens is 136 g/mol. The third-order valence-corrected chi connectivity index (χ3v) is 0.440. The van der Waals surface area contributed by atoms with Crippen molar-refractivity contribution in [3.05, 3.63) is 12.3 Å². The molecule has 0 atom stereocenters. The zero-order valence-electron chi connectivity index (χ0n) is 5.02. The standard InChI is InChI=1S/C3H2N2O.CH4N2O/c6-3-1-2-4-5-3;2-1(3)4/h1-2H;(H4,2,3,4). The van der Waals surface area contributed by atoms with Gasteiger partial charge in [-0.3, -0.25) is 4.79 Å². The van der Waals surface area contributed by atoms with E-state index >= 15 is 0 Å². The average molecular weight is 142 g/mol. The number of azo groups is 1. The lowest BCUT2D eigenvalue weighted by Crippen LogP contribution is -2.18. The molecule has 10 heavy (non-hydrogen) atoms. The summed E-state index contributed by atoms with van der Waals surface area (Å²) in [4.78, 5) is 18.9. The third-order valence-electron chi connectivity index (χ3n) is 0.440. The van der Waals surface area contributed by atoms with Crippen LogP contribution in [0.2, 0.25) is 0 Å². The molecule has 54 valence electrons. The van der Waals surface area contributed by atoms with Gasteiger partial charge in [0.05, 0.1) is 6.20 Å². The van der Waals surface area contributed by atoms with Crippen molar-refractivity contribution in [3.8, 4) is 0 Å². The van der Waals surface area contributed by atoms with Gasteiger partial charge in [-0.1, -0.05) is 0 Å². The largest absolute Gasteiger partial charge is 0.352 e. The Morgan fingerprint density at radius 1 is 1.50 bits per heavy atom. The average Bonchev–Trinajstić information content (AvgIpc) is 2.15. The van der Waals surface area contributed by atoms with Gasteiger partial charge in [-0.2, -0.15) is 5.11 Å². The molecule has 6 heteroatoms. The second kappa shape index (κ2) is 4.19. The van der Waals surface area contributed by atoms with E-state index in [1.807, 2.05) is 0 Å². The predicted octanol–water partition coefficient (Wildman–Crippen LogP) is -0.484. The minimum Gasteiger partial charge on any atom is -0.352 e. The molecule has 0 aromatic heterocycles. The van der Waals surface area contributed by atoms with Gasteiger partial charge in [0.25, 0.3) is 5.91 Å². The lowest BCUT2D eigenvalue weighted by Gasteiger charge is -1.62. The van der Waals surface area contributed by atoms with E-state index in [0.29, 0.717) is 0 Å². The third kappa shape index (κ3) is 6.28. The lowest BCUT2D eigenvalue weighted by atomic mass is 10.6. The van der Waals surface area contributed by atoms with Gasteiger partial charge in [-0.15, -0.1) is 5.11 Å². The van der Waals surface area contributed by atoms with Crippen LogP contribution < -0.4 is 11.5 Å². The van der Waals surface area contributed by atoms with Gasteiger partial charge in [0.2, 0.25) is 0 Å². The fourth-order valence-electron chi connectivity index (χ4n) is 0.221. The minimum atomic E-state index is -0.833. The topological polar surface area (TPSA) is 111 Å². The Bertz CT molecular complexity index is 177. The van der Waals surface area contributed by atoms with E-state index in [4.69, 9.17) is 4.79 Å². The Morgan fingerprint density at radius 3 is 2.10 bits per heavy atom. The molecule has 0 fully saturated rings. The molecule has 0 spiro atoms. The zero-order valence-corrected chi connectivity index (χ0v) is 5.02. The Kier molecular flexibility index (Phi) is 3.47. The number of urea groups is 1. The van der Waals surface area contributed by atoms with Crippen molar-refractivity contribution in [2.45, 2.75) is 0 Å². The molecule has 4 N–H and O–H groups in total. The summed E-state index contributed by atoms with van der Waals surface area (Å²) < 4.78 is 0. The number of nitrogens with two attached hydrogens (primary N) is 2. The van der Waals surface area contributed by atoms with Crippen LogP contribution in [0.15, 0.2) is 22.5 Å². The van der Waals surface area contributed by atoms with Crippen LogP contribution in [-0.4, -0.2) is 11.9 Å². The molecule has 1 aliphatic heterocycles. The summed E-state index contributed by atoms with van der Waals surface area (Å²) in [6.45, 7) is 0. The fourth-order valence-corrected chi connectivity index (χ4v) is 0.221. The van der Waals surface area contributed by atoms with Crippen LogP contribution in [0.4, 0.5) is 4.79 Å². The Hall–Kier alpha value is -1.72. The first-order chi connectivity index (χ1) is 4.63. The van der Waals surface area contributed by atoms with Gasteiger partial charge in [-0.05, 0) is 0 Å². The zero-order chi connectivity index (χ0) is 7.98. The van der Waals surface area contributed by atoms with Crippen molar-refractivity contribution in [1.29, 1.82) is 0 Å². The van der Waals surface area contributed by atoms with E-state index in [2.05, 4.69) is 21.7 Å². The number of hydrogen-bond donors (Lipinski definition) is 2. The molecule has 6 nitrogen and oxygen atoms in total. The highest BCUT2D eigenvalue weighted by atomic mass is 16.2. The van der Waals surface area contributed by atoms with Crippen LogP contribution in [0, 0.1) is 0 Å². The number of hydrogen-bond acceptors (Lipinski definition) is 3. The van der Waals surface area contributed by atoms with Crippen molar-refractivity contribution in [2.24, 2.45) is 21.7 Å². The summed E-state index contributed by atoms with van der Waals surface area (Å²) in [5.41, 5.74) is 8.50. The second-order valence-corrected chi connectivity index (χ2v) is 1.27. The van der Waals surface area contributed by atoms with Crippen LogP contribution in [0.25, 0.3) is 0 Å². The van der Waals surface area contributed by atoms with E-state index in [-0.39, 0.29) is 5.91 Å². The maximum absolute atomic E-state index is 9.90. The van der Waals surface area contributed by atoms with Crippen molar-refractivity contribution in [2.75, 3.05) is 0 Å². The molecule has 0 unspecified atom stereocenters. The summed E-state index contributed by atoms with van der Waals surface area (Å²) in [6.07, 6.45) is 2.67. The Labute approximate surface area is 56.6 Å². The van der Waals surface area contributed by atoms with Gasteiger partial charge in [0, 0.05) is 6.08 Å². The SMILES string of the molecule is NC(N)=O.O=C1C=CN=N1. The first-order valence-electron chi connectivity index (χ1n) is 2.29. The highest BCUT2D eigenvalue weighted by Gasteiger charge is 1.92. The quantitative estimate of drug-likeness (QED) is 0.475. The molecule has 1 aliphatic rings. The summed E-state index contributed by atoms with van der Waals surface area (Å²) in [5, 5.41) is 6.37. The lowest BCUT2D eigenvalue weighted by molar-refractivity contribution is -0.113. The van der Waals surface area contributed by atoms with Gasteiger partial charge in [-0.25, -0.2) is 4.79 Å². The van der Waals surface area contributed by atoms with E-state index in [9.17, 15) is 4.79 Å². The van der Waals surface area contributed by atoms with Gasteiger partial charge in [0.1, 0.15) is 0 Å². The van der Waals surface area contributed by atoms with Crippen LogP contribution in [0.5, 0.6) is 0 Å². The first-order valence-corrected chi connectivity index (χ1v) is 2.29. The van der Waals surface area contributed by atoms with Crippen LogP contribution in [-0.2, 0) is 4.79 Å². The van der Waals surface area contributed by atoms with E-state index in [0.717, 1.165) is 0 Å². The molecule has 0 bridgehead atoms. The number of rotatable bonds is 0. The maximum atomic E-state index is 9.90. The van der Waals surface area contributed by atoms with Gasteiger partial charge < -0.3 is 11.5 Å². The predicted molar refractivity (Wildman–Crippen MR) is 32.8 cm³/mol. The number of primary amides is 2. The number of carbonyl (C=O) groups excluding carboxylic acids is 2. The molecule has 0 saturated heterocycles. The molecule has 0 saturated carbocycles. The monoisotopic (exact) mass is 142 g/mol. The first kappa shape index (κ1) is 8.28. The minimum absolute atomic E-state index is 0.269. The Balaban J connectivity index is 0.000000180. The summed E-state index contributed by atoms with van der Waals surface area (Å²) in [6, 6.07) is -0.833. The van der Waals surface area contributed by atoms with Gasteiger partial charge in [0.15, 0.2) is 0 Å². The summed E-state index contributed by atoms with van der Waals surface area (Å²) in [5.74, 6) is -0.269. The Morgan fingerprint density at radius 2 is 2.00 bits per heavy atom. The number of amides is 3. The molecule has 0 aliphatic carbocycles. The highest BCUT2D eigenvalue weighted by Crippen LogP contribution is 1.90. The van der Waals surface area contributed by atoms with Crippen LogP contribution in [0.3, 0.4) is 0 Å². The highest BCUT2D eigenvalue weighted by molar-refractivity contribution is 5.89. The molecule has 3 amide bonds. The normalized spacial score (nSPS) is 12.6. The summed E-state index contributed by atoms with van der Waals surface area (Å²) in [7, 11) is 0. The molecule has 0 aromatic carbocycles. The van der Waals surface area contributed by atoms with Crippen molar-refractivity contribution < 1.29 is 9.59 Å². The van der Waals surface area contributed by atoms with Crippen LogP contribution in [0.1, 0.15) is 0 Å².